The van der Waals surface area contributed by atoms with Crippen molar-refractivity contribution in [2.24, 2.45) is 0 Å². The first kappa shape index (κ1) is 23.8. The molecule has 0 aliphatic carbocycles. The molecule has 0 aliphatic rings. The summed E-state index contributed by atoms with van der Waals surface area (Å²) in [6, 6.07) is 39.6. The molecule has 6 aromatic carbocycles. The van der Waals surface area contributed by atoms with E-state index in [2.05, 4.69) is 133 Å². The first-order valence-corrected chi connectivity index (χ1v) is 14.2. The maximum Gasteiger partial charge on any atom is 0.0722 e. The van der Waals surface area contributed by atoms with Gasteiger partial charge in [-0.25, -0.2) is 0 Å². The Balaban J connectivity index is 1.46. The number of fused-ring (bicyclic) bond motifs is 2. The van der Waals surface area contributed by atoms with E-state index in [4.69, 9.17) is 0 Å². The highest BCUT2D eigenvalue weighted by molar-refractivity contribution is 6.26. The quantitative estimate of drug-likeness (QED) is 0.214. The first-order valence-electron chi connectivity index (χ1n) is 14.2. The van der Waals surface area contributed by atoms with Gasteiger partial charge in [-0.3, -0.25) is 9.97 Å². The third-order valence-corrected chi connectivity index (χ3v) is 8.39. The van der Waals surface area contributed by atoms with Crippen molar-refractivity contribution in [1.82, 2.24) is 9.97 Å². The van der Waals surface area contributed by atoms with E-state index in [1.165, 1.54) is 37.9 Å². The summed E-state index contributed by atoms with van der Waals surface area (Å²) in [7, 11) is 0. The summed E-state index contributed by atoms with van der Waals surface area (Å²) < 4.78 is 0. The summed E-state index contributed by atoms with van der Waals surface area (Å²) >= 11 is 0. The van der Waals surface area contributed by atoms with E-state index < -0.39 is 0 Å². The molecule has 0 amide bonds. The Labute approximate surface area is 239 Å². The molecule has 0 N–H and O–H groups in total. The number of hydrogen-bond acceptors (Lipinski definition) is 3. The molecule has 196 valence electrons. The monoisotopic (exact) mass is 527 g/mol. The topological polar surface area (TPSA) is 29.0 Å². The summed E-state index contributed by atoms with van der Waals surface area (Å²) in [6.07, 6.45) is 3.72. The van der Waals surface area contributed by atoms with E-state index >= 15 is 0 Å². The van der Waals surface area contributed by atoms with Crippen molar-refractivity contribution >= 4 is 71.2 Å². The molecule has 0 spiro atoms. The Hall–Kier alpha value is -5.02. The van der Waals surface area contributed by atoms with Crippen LogP contribution in [0.2, 0.25) is 0 Å². The van der Waals surface area contributed by atoms with Crippen LogP contribution in [0.25, 0.3) is 54.1 Å². The molecular weight excluding hydrogens is 498 g/mol. The maximum atomic E-state index is 4.68. The molecule has 8 aromatic rings. The highest BCUT2D eigenvalue weighted by Crippen LogP contribution is 2.46. The molecule has 41 heavy (non-hydrogen) atoms. The minimum Gasteiger partial charge on any atom is -0.310 e. The first-order chi connectivity index (χ1) is 20.0. The minimum absolute atomic E-state index is 0.0490. The zero-order valence-electron chi connectivity index (χ0n) is 23.4. The van der Waals surface area contributed by atoms with Gasteiger partial charge in [-0.2, -0.15) is 0 Å². The molecule has 2 heterocycles. The summed E-state index contributed by atoms with van der Waals surface area (Å²) in [4.78, 5) is 11.7. The van der Waals surface area contributed by atoms with Crippen LogP contribution >= 0.6 is 0 Å². The van der Waals surface area contributed by atoms with Crippen molar-refractivity contribution < 1.29 is 0 Å². The third kappa shape index (κ3) is 3.73. The molecule has 0 unspecified atom stereocenters. The fourth-order valence-electron chi connectivity index (χ4n) is 6.45. The van der Waals surface area contributed by atoms with Gasteiger partial charge in [-0.15, -0.1) is 0 Å². The van der Waals surface area contributed by atoms with Crippen LogP contribution in [-0.2, 0) is 5.41 Å². The van der Waals surface area contributed by atoms with Gasteiger partial charge in [0.1, 0.15) is 0 Å². The normalized spacial score (nSPS) is 12.3. The highest BCUT2D eigenvalue weighted by Gasteiger charge is 2.22. The Kier molecular flexibility index (Phi) is 5.08. The molecule has 0 saturated heterocycles. The van der Waals surface area contributed by atoms with Gasteiger partial charge in [0.15, 0.2) is 0 Å². The molecular formula is C38H29N3. The third-order valence-electron chi connectivity index (χ3n) is 8.39. The lowest BCUT2D eigenvalue weighted by atomic mass is 9.81. The lowest BCUT2D eigenvalue weighted by Crippen LogP contribution is -2.12. The predicted molar refractivity (Wildman–Crippen MR) is 174 cm³/mol. The van der Waals surface area contributed by atoms with Gasteiger partial charge in [0.25, 0.3) is 0 Å². The molecule has 2 aromatic heterocycles. The number of hydrogen-bond donors (Lipinski definition) is 0. The Morgan fingerprint density at radius 2 is 1.02 bits per heavy atom. The van der Waals surface area contributed by atoms with E-state index in [1.807, 2.05) is 24.5 Å². The van der Waals surface area contributed by atoms with Crippen molar-refractivity contribution in [3.05, 3.63) is 127 Å². The average molecular weight is 528 g/mol. The van der Waals surface area contributed by atoms with Crippen LogP contribution in [0, 0.1) is 0 Å². The van der Waals surface area contributed by atoms with Crippen LogP contribution in [0.3, 0.4) is 0 Å². The van der Waals surface area contributed by atoms with Crippen LogP contribution in [0.5, 0.6) is 0 Å². The average Bonchev–Trinajstić information content (AvgIpc) is 2.99. The van der Waals surface area contributed by atoms with Gasteiger partial charge in [-0.1, -0.05) is 87.5 Å². The van der Waals surface area contributed by atoms with Crippen molar-refractivity contribution in [3.8, 4) is 0 Å². The van der Waals surface area contributed by atoms with Gasteiger partial charge in [0, 0.05) is 39.9 Å². The Morgan fingerprint density at radius 1 is 0.512 bits per heavy atom. The Morgan fingerprint density at radius 3 is 1.63 bits per heavy atom. The summed E-state index contributed by atoms with van der Waals surface area (Å²) in [5.41, 5.74) is 6.64. The number of rotatable bonds is 3. The lowest BCUT2D eigenvalue weighted by molar-refractivity contribution is 0.596. The minimum atomic E-state index is 0.0490. The van der Waals surface area contributed by atoms with Gasteiger partial charge < -0.3 is 4.90 Å². The van der Waals surface area contributed by atoms with E-state index in [0.29, 0.717) is 0 Å². The molecule has 0 fully saturated rings. The number of pyridine rings is 2. The van der Waals surface area contributed by atoms with Crippen molar-refractivity contribution in [3.63, 3.8) is 0 Å². The summed E-state index contributed by atoms with van der Waals surface area (Å²) in [6.45, 7) is 6.90. The van der Waals surface area contributed by atoms with Gasteiger partial charge in [-0.05, 0) is 80.4 Å². The zero-order chi connectivity index (χ0) is 27.7. The lowest BCUT2D eigenvalue weighted by Gasteiger charge is -2.28. The van der Waals surface area contributed by atoms with E-state index in [0.717, 1.165) is 38.9 Å². The number of nitrogens with zero attached hydrogens (tertiary/aromatic N) is 3. The van der Waals surface area contributed by atoms with Crippen LogP contribution in [0.15, 0.2) is 122 Å². The molecule has 0 atom stereocenters. The molecule has 8 rings (SSSR count). The molecule has 0 radical (unpaired) electrons. The number of aromatic nitrogens is 2. The van der Waals surface area contributed by atoms with Crippen LogP contribution in [0.4, 0.5) is 17.1 Å². The van der Waals surface area contributed by atoms with Crippen LogP contribution in [-0.4, -0.2) is 9.97 Å². The maximum absolute atomic E-state index is 4.68. The van der Waals surface area contributed by atoms with E-state index in [-0.39, 0.29) is 5.41 Å². The predicted octanol–water partition coefficient (Wildman–Crippen LogP) is 10.4. The van der Waals surface area contributed by atoms with Crippen molar-refractivity contribution in [2.75, 3.05) is 4.90 Å². The summed E-state index contributed by atoms with van der Waals surface area (Å²) in [5, 5.41) is 10.0. The van der Waals surface area contributed by atoms with E-state index in [1.54, 1.807) is 0 Å². The SMILES string of the molecule is CC(C)(C)c1ccc2ccc3c(N(c4ccc5cccnc5c4)c4ccc5cccnc5c4)ccc4ccc1c2c43. The van der Waals surface area contributed by atoms with Crippen molar-refractivity contribution in [1.29, 1.82) is 0 Å². The van der Waals surface area contributed by atoms with Crippen molar-refractivity contribution in [2.45, 2.75) is 26.2 Å². The van der Waals surface area contributed by atoms with Crippen LogP contribution < -0.4 is 4.90 Å². The highest BCUT2D eigenvalue weighted by atomic mass is 15.1. The second-order valence-corrected chi connectivity index (χ2v) is 12.0. The number of benzene rings is 6. The second-order valence-electron chi connectivity index (χ2n) is 12.0. The Bertz CT molecular complexity index is 2180. The smallest absolute Gasteiger partial charge is 0.0722 e. The fraction of sp³-hybridized carbons (Fsp3) is 0.105. The standard InChI is InChI=1S/C38H29N3/c1-38(2,3)32-18-12-26-11-17-31-35(19-13-27-10-16-30(32)36(26)37(27)31)41(28-14-8-24-6-4-20-39-33(24)22-28)29-15-9-25-7-5-21-40-34(25)23-29/h4-23H,1-3H3. The molecule has 3 heteroatoms. The van der Waals surface area contributed by atoms with Gasteiger partial charge >= 0.3 is 0 Å². The van der Waals surface area contributed by atoms with E-state index in [9.17, 15) is 0 Å². The number of anilines is 3. The molecule has 3 nitrogen and oxygen atoms in total. The van der Waals surface area contributed by atoms with Crippen LogP contribution in [0.1, 0.15) is 26.3 Å². The molecule has 0 bridgehead atoms. The van der Waals surface area contributed by atoms with Gasteiger partial charge in [0.2, 0.25) is 0 Å². The largest absolute Gasteiger partial charge is 0.310 e. The second kappa shape index (κ2) is 8.74. The summed E-state index contributed by atoms with van der Waals surface area (Å²) in [5.74, 6) is 0. The molecule has 0 aliphatic heterocycles. The van der Waals surface area contributed by atoms with Gasteiger partial charge in [0.05, 0.1) is 16.7 Å². The molecule has 0 saturated carbocycles. The zero-order valence-corrected chi connectivity index (χ0v) is 23.4. The fourth-order valence-corrected chi connectivity index (χ4v) is 6.45.